The number of hydrogen-bond acceptors (Lipinski definition) is 4. The Labute approximate surface area is 219 Å². The Hall–Kier alpha value is -2.68. The standard InChI is InChI=1S/C27H27BrN2O3S2/c1-3-5-6-19-7-11-22(12-8-19)29-27(31)26-18-20-17-23(13-16-25(20)34-26)30(4-2)35(32,33)24-14-9-21(28)10-15-24/h7-18H,3-6H2,1-2H3,(H,29,31). The fourth-order valence-electron chi connectivity index (χ4n) is 3.85. The lowest BCUT2D eigenvalue weighted by atomic mass is 10.1. The van der Waals surface area contributed by atoms with Crippen LogP contribution in [0.25, 0.3) is 10.1 Å². The molecular weight excluding hydrogens is 544 g/mol. The van der Waals surface area contributed by atoms with Gasteiger partial charge in [0.05, 0.1) is 15.5 Å². The molecule has 4 rings (SSSR count). The van der Waals surface area contributed by atoms with Crippen molar-refractivity contribution in [2.45, 2.75) is 38.0 Å². The summed E-state index contributed by atoms with van der Waals surface area (Å²) in [5, 5.41) is 3.79. The van der Waals surface area contributed by atoms with Crippen molar-refractivity contribution >= 4 is 64.7 Å². The number of thiophene rings is 1. The van der Waals surface area contributed by atoms with Gasteiger partial charge in [0.15, 0.2) is 0 Å². The van der Waals surface area contributed by atoms with E-state index in [1.165, 1.54) is 21.2 Å². The second-order valence-electron chi connectivity index (χ2n) is 8.21. The molecule has 0 fully saturated rings. The van der Waals surface area contributed by atoms with E-state index in [0.717, 1.165) is 39.5 Å². The van der Waals surface area contributed by atoms with Crippen molar-refractivity contribution < 1.29 is 13.2 Å². The number of hydrogen-bond donors (Lipinski definition) is 1. The molecule has 0 atom stereocenters. The predicted octanol–water partition coefficient (Wildman–Crippen LogP) is 7.47. The van der Waals surface area contributed by atoms with Crippen molar-refractivity contribution in [3.8, 4) is 0 Å². The predicted molar refractivity (Wildman–Crippen MR) is 149 cm³/mol. The first kappa shape index (κ1) is 25.4. The first-order valence-corrected chi connectivity index (χ1v) is 14.6. The van der Waals surface area contributed by atoms with Gasteiger partial charge in [-0.3, -0.25) is 9.10 Å². The summed E-state index contributed by atoms with van der Waals surface area (Å²) in [5.74, 6) is -0.177. The molecule has 0 bridgehead atoms. The first-order valence-electron chi connectivity index (χ1n) is 11.5. The van der Waals surface area contributed by atoms with Gasteiger partial charge < -0.3 is 5.32 Å². The van der Waals surface area contributed by atoms with Crippen LogP contribution >= 0.6 is 27.3 Å². The summed E-state index contributed by atoms with van der Waals surface area (Å²) < 4.78 is 29.6. The monoisotopic (exact) mass is 570 g/mol. The molecule has 0 saturated heterocycles. The molecule has 1 heterocycles. The number of fused-ring (bicyclic) bond motifs is 1. The molecule has 1 aromatic heterocycles. The second-order valence-corrected chi connectivity index (χ2v) is 12.1. The number of amides is 1. The number of aryl methyl sites for hydroxylation is 1. The summed E-state index contributed by atoms with van der Waals surface area (Å²) in [6.07, 6.45) is 3.34. The fraction of sp³-hybridized carbons (Fsp3) is 0.222. The largest absolute Gasteiger partial charge is 0.321 e. The molecule has 0 aliphatic carbocycles. The molecule has 5 nitrogen and oxygen atoms in total. The highest BCUT2D eigenvalue weighted by Gasteiger charge is 2.24. The number of sulfonamides is 1. The minimum atomic E-state index is -3.71. The highest BCUT2D eigenvalue weighted by Crippen LogP contribution is 2.32. The van der Waals surface area contributed by atoms with Crippen molar-refractivity contribution in [1.29, 1.82) is 0 Å². The number of anilines is 2. The maximum atomic E-state index is 13.3. The van der Waals surface area contributed by atoms with Gasteiger partial charge in [-0.05, 0) is 91.4 Å². The third-order valence-electron chi connectivity index (χ3n) is 5.73. The molecule has 0 aliphatic heterocycles. The Balaban J connectivity index is 1.55. The van der Waals surface area contributed by atoms with E-state index in [0.29, 0.717) is 10.6 Å². The number of carbonyl (C=O) groups is 1. The minimum absolute atomic E-state index is 0.177. The second kappa shape index (κ2) is 10.9. The summed E-state index contributed by atoms with van der Waals surface area (Å²) in [7, 11) is -3.71. The van der Waals surface area contributed by atoms with Crippen LogP contribution in [0.2, 0.25) is 0 Å². The SMILES string of the molecule is CCCCc1ccc(NC(=O)c2cc3cc(N(CC)S(=O)(=O)c4ccc(Br)cc4)ccc3s2)cc1. The molecule has 1 amide bonds. The summed E-state index contributed by atoms with van der Waals surface area (Å²) >= 11 is 4.73. The highest BCUT2D eigenvalue weighted by atomic mass is 79.9. The van der Waals surface area contributed by atoms with Gasteiger partial charge in [0.25, 0.3) is 15.9 Å². The zero-order valence-corrected chi connectivity index (χ0v) is 22.8. The molecule has 0 aliphatic rings. The van der Waals surface area contributed by atoms with E-state index < -0.39 is 10.0 Å². The molecule has 0 unspecified atom stereocenters. The van der Waals surface area contributed by atoms with Gasteiger partial charge in [-0.1, -0.05) is 41.4 Å². The molecule has 0 spiro atoms. The molecule has 8 heteroatoms. The smallest absolute Gasteiger partial charge is 0.265 e. The lowest BCUT2D eigenvalue weighted by molar-refractivity contribution is 0.103. The number of benzene rings is 3. The van der Waals surface area contributed by atoms with Gasteiger partial charge in [0, 0.05) is 21.4 Å². The Morgan fingerprint density at radius 1 is 0.971 bits per heavy atom. The van der Waals surface area contributed by atoms with Crippen LogP contribution in [0.1, 0.15) is 41.9 Å². The number of unbranched alkanes of at least 4 members (excludes halogenated alkanes) is 1. The minimum Gasteiger partial charge on any atom is -0.321 e. The van der Waals surface area contributed by atoms with E-state index in [-0.39, 0.29) is 17.3 Å². The summed E-state index contributed by atoms with van der Waals surface area (Å²) in [4.78, 5) is 13.7. The van der Waals surface area contributed by atoms with Crippen LogP contribution in [-0.2, 0) is 16.4 Å². The van der Waals surface area contributed by atoms with Crippen molar-refractivity contribution in [2.24, 2.45) is 0 Å². The fourth-order valence-corrected chi connectivity index (χ4v) is 6.52. The van der Waals surface area contributed by atoms with Crippen molar-refractivity contribution in [2.75, 3.05) is 16.2 Å². The maximum Gasteiger partial charge on any atom is 0.265 e. The topological polar surface area (TPSA) is 66.5 Å². The van der Waals surface area contributed by atoms with Crippen LogP contribution in [-0.4, -0.2) is 20.9 Å². The van der Waals surface area contributed by atoms with Crippen LogP contribution in [0.5, 0.6) is 0 Å². The van der Waals surface area contributed by atoms with E-state index in [1.54, 1.807) is 37.3 Å². The number of rotatable bonds is 9. The molecule has 1 N–H and O–H groups in total. The normalized spacial score (nSPS) is 11.5. The number of nitrogens with one attached hydrogen (secondary N) is 1. The lowest BCUT2D eigenvalue weighted by Crippen LogP contribution is -2.30. The Morgan fingerprint density at radius 2 is 1.69 bits per heavy atom. The van der Waals surface area contributed by atoms with E-state index in [4.69, 9.17) is 0 Å². The summed E-state index contributed by atoms with van der Waals surface area (Å²) in [5.41, 5.74) is 2.58. The van der Waals surface area contributed by atoms with Gasteiger partial charge in [-0.15, -0.1) is 11.3 Å². The number of carbonyl (C=O) groups excluding carboxylic acids is 1. The zero-order chi connectivity index (χ0) is 25.0. The summed E-state index contributed by atoms with van der Waals surface area (Å²) in [6.45, 7) is 4.26. The van der Waals surface area contributed by atoms with Gasteiger partial charge in [0.2, 0.25) is 0 Å². The van der Waals surface area contributed by atoms with Gasteiger partial charge >= 0.3 is 0 Å². The average molecular weight is 572 g/mol. The van der Waals surface area contributed by atoms with Crippen LogP contribution in [0, 0.1) is 0 Å². The zero-order valence-electron chi connectivity index (χ0n) is 19.6. The summed E-state index contributed by atoms with van der Waals surface area (Å²) in [6, 6.07) is 21.9. The van der Waals surface area contributed by atoms with Gasteiger partial charge in [0.1, 0.15) is 0 Å². The van der Waals surface area contributed by atoms with Crippen LogP contribution in [0.3, 0.4) is 0 Å². The van der Waals surface area contributed by atoms with Crippen molar-refractivity contribution in [1.82, 2.24) is 0 Å². The van der Waals surface area contributed by atoms with E-state index in [9.17, 15) is 13.2 Å². The van der Waals surface area contributed by atoms with E-state index in [1.807, 2.05) is 42.5 Å². The first-order chi connectivity index (χ1) is 16.8. The van der Waals surface area contributed by atoms with Gasteiger partial charge in [-0.25, -0.2) is 8.42 Å². The third-order valence-corrected chi connectivity index (χ3v) is 9.29. The Bertz CT molecular complexity index is 1430. The molecule has 3 aromatic carbocycles. The molecule has 4 aromatic rings. The van der Waals surface area contributed by atoms with Crippen LogP contribution in [0.15, 0.2) is 82.2 Å². The average Bonchev–Trinajstić information content (AvgIpc) is 3.28. The lowest BCUT2D eigenvalue weighted by Gasteiger charge is -2.23. The third kappa shape index (κ3) is 5.77. The number of nitrogens with zero attached hydrogens (tertiary/aromatic N) is 1. The highest BCUT2D eigenvalue weighted by molar-refractivity contribution is 9.10. The van der Waals surface area contributed by atoms with E-state index in [2.05, 4.69) is 28.2 Å². The quantitative estimate of drug-likeness (QED) is 0.227. The number of halogens is 1. The van der Waals surface area contributed by atoms with Gasteiger partial charge in [-0.2, -0.15) is 0 Å². The van der Waals surface area contributed by atoms with Crippen LogP contribution < -0.4 is 9.62 Å². The molecule has 0 radical (unpaired) electrons. The molecule has 35 heavy (non-hydrogen) atoms. The maximum absolute atomic E-state index is 13.3. The molecule has 0 saturated carbocycles. The Kier molecular flexibility index (Phi) is 7.94. The van der Waals surface area contributed by atoms with Crippen molar-refractivity contribution in [3.05, 3.63) is 87.7 Å². The van der Waals surface area contributed by atoms with E-state index >= 15 is 0 Å². The Morgan fingerprint density at radius 3 is 2.34 bits per heavy atom. The molecule has 182 valence electrons. The van der Waals surface area contributed by atoms with Crippen LogP contribution in [0.4, 0.5) is 11.4 Å². The van der Waals surface area contributed by atoms with Crippen molar-refractivity contribution in [3.63, 3.8) is 0 Å². The molecular formula is C27H27BrN2O3S2.